The second-order valence-electron chi connectivity index (χ2n) is 6.91. The number of benzene rings is 2. The van der Waals surface area contributed by atoms with E-state index in [4.69, 9.17) is 16.3 Å². The Morgan fingerprint density at radius 2 is 1.86 bits per heavy atom. The Hall–Kier alpha value is -3.06. The zero-order valence-corrected chi connectivity index (χ0v) is 17.0. The van der Waals surface area contributed by atoms with Gasteiger partial charge in [0.1, 0.15) is 24.4 Å². The molecule has 2 aromatic rings. The van der Waals surface area contributed by atoms with Gasteiger partial charge in [0.15, 0.2) is 0 Å². The van der Waals surface area contributed by atoms with Crippen LogP contribution in [0.5, 0.6) is 5.75 Å². The molecule has 2 N–H and O–H groups in total. The third-order valence-electron chi connectivity index (χ3n) is 4.77. The third-order valence-corrected chi connectivity index (χ3v) is 5.02. The molecule has 0 aromatic heterocycles. The van der Waals surface area contributed by atoms with Crippen LogP contribution in [-0.2, 0) is 15.1 Å². The Labute approximate surface area is 174 Å². The molecule has 1 heterocycles. The van der Waals surface area contributed by atoms with Gasteiger partial charge in [0.25, 0.3) is 5.91 Å². The number of nitrogens with zero attached hydrogens (tertiary/aromatic N) is 1. The lowest BCUT2D eigenvalue weighted by Crippen LogP contribution is -2.44. The van der Waals surface area contributed by atoms with E-state index in [1.807, 2.05) is 25.1 Å². The lowest BCUT2D eigenvalue weighted by molar-refractivity contribution is -0.134. The van der Waals surface area contributed by atoms with Gasteiger partial charge in [0.05, 0.1) is 6.54 Å². The maximum Gasteiger partial charge on any atom is 0.325 e. The molecule has 1 fully saturated rings. The number of rotatable bonds is 7. The zero-order valence-electron chi connectivity index (χ0n) is 16.2. The molecular weight excluding hydrogens is 394 g/mol. The summed E-state index contributed by atoms with van der Waals surface area (Å²) in [6, 6.07) is 13.6. The number of carbonyl (C=O) groups is 3. The van der Waals surface area contributed by atoms with Crippen LogP contribution < -0.4 is 15.4 Å². The summed E-state index contributed by atoms with van der Waals surface area (Å²) in [6.07, 6.45) is 0. The van der Waals surface area contributed by atoms with Gasteiger partial charge in [-0.1, -0.05) is 35.9 Å². The Kier molecular flexibility index (Phi) is 6.08. The van der Waals surface area contributed by atoms with E-state index in [1.54, 1.807) is 37.3 Å². The maximum atomic E-state index is 12.9. The van der Waals surface area contributed by atoms with Crippen LogP contribution in [-0.4, -0.2) is 42.4 Å². The van der Waals surface area contributed by atoms with E-state index in [0.29, 0.717) is 16.3 Å². The summed E-state index contributed by atoms with van der Waals surface area (Å²) in [5.74, 6) is -0.265. The van der Waals surface area contributed by atoms with Crippen molar-refractivity contribution in [3.63, 3.8) is 0 Å². The summed E-state index contributed by atoms with van der Waals surface area (Å²) in [6.45, 7) is 3.64. The molecule has 1 unspecified atom stereocenters. The lowest BCUT2D eigenvalue weighted by Gasteiger charge is -2.24. The van der Waals surface area contributed by atoms with E-state index in [2.05, 4.69) is 10.6 Å². The molecule has 7 nitrogen and oxygen atoms in total. The largest absolute Gasteiger partial charge is 0.492 e. The predicted molar refractivity (Wildman–Crippen MR) is 109 cm³/mol. The molecule has 152 valence electrons. The van der Waals surface area contributed by atoms with Crippen molar-refractivity contribution in [3.05, 3.63) is 64.7 Å². The highest BCUT2D eigenvalue weighted by Gasteiger charge is 2.49. The third kappa shape index (κ3) is 4.51. The van der Waals surface area contributed by atoms with E-state index < -0.39 is 23.4 Å². The minimum Gasteiger partial charge on any atom is -0.492 e. The molecular formula is C21H22ClN3O4. The van der Waals surface area contributed by atoms with Crippen LogP contribution in [0.2, 0.25) is 5.02 Å². The van der Waals surface area contributed by atoms with Gasteiger partial charge in [0, 0.05) is 5.02 Å². The first kappa shape index (κ1) is 20.7. The summed E-state index contributed by atoms with van der Waals surface area (Å²) in [5.41, 5.74) is 0.396. The summed E-state index contributed by atoms with van der Waals surface area (Å²) in [4.78, 5) is 38.4. The first-order valence-corrected chi connectivity index (χ1v) is 9.54. The van der Waals surface area contributed by atoms with Gasteiger partial charge in [-0.15, -0.1) is 0 Å². The molecule has 1 saturated heterocycles. The van der Waals surface area contributed by atoms with Crippen LogP contribution in [0, 0.1) is 6.92 Å². The Bertz CT molecular complexity index is 932. The molecule has 1 aliphatic heterocycles. The number of hydrogen-bond acceptors (Lipinski definition) is 4. The standard InChI is InChI=1S/C21H22ClN3O4/c1-14-5-3-4-6-17(14)21(2)19(27)25(20(28)24-21)13-18(26)23-11-12-29-16-9-7-15(22)8-10-16/h3-10H,11-13H2,1-2H3,(H,23,26)(H,24,28). The fourth-order valence-corrected chi connectivity index (χ4v) is 3.37. The maximum absolute atomic E-state index is 12.9. The summed E-state index contributed by atoms with van der Waals surface area (Å²) >= 11 is 5.81. The number of aryl methyl sites for hydroxylation is 1. The Morgan fingerprint density at radius 1 is 1.17 bits per heavy atom. The van der Waals surface area contributed by atoms with Crippen molar-refractivity contribution in [2.75, 3.05) is 19.7 Å². The van der Waals surface area contributed by atoms with Crippen molar-refractivity contribution in [1.29, 1.82) is 0 Å². The zero-order chi connectivity index (χ0) is 21.0. The second-order valence-corrected chi connectivity index (χ2v) is 7.35. The quantitative estimate of drug-likeness (QED) is 0.537. The van der Waals surface area contributed by atoms with Gasteiger partial charge in [-0.3, -0.25) is 14.5 Å². The van der Waals surface area contributed by atoms with Gasteiger partial charge < -0.3 is 15.4 Å². The van der Waals surface area contributed by atoms with E-state index in [0.717, 1.165) is 10.5 Å². The molecule has 8 heteroatoms. The van der Waals surface area contributed by atoms with Gasteiger partial charge in [-0.25, -0.2) is 4.79 Å². The van der Waals surface area contributed by atoms with E-state index in [9.17, 15) is 14.4 Å². The van der Waals surface area contributed by atoms with Crippen molar-refractivity contribution >= 4 is 29.4 Å². The van der Waals surface area contributed by atoms with Crippen molar-refractivity contribution in [2.24, 2.45) is 0 Å². The average Bonchev–Trinajstić information content (AvgIpc) is 2.91. The smallest absolute Gasteiger partial charge is 0.325 e. The van der Waals surface area contributed by atoms with Crippen molar-refractivity contribution < 1.29 is 19.1 Å². The fraction of sp³-hybridized carbons (Fsp3) is 0.286. The average molecular weight is 416 g/mol. The topological polar surface area (TPSA) is 87.7 Å². The number of hydrogen-bond donors (Lipinski definition) is 2. The first-order valence-electron chi connectivity index (χ1n) is 9.16. The molecule has 0 aliphatic carbocycles. The number of urea groups is 1. The summed E-state index contributed by atoms with van der Waals surface area (Å²) in [7, 11) is 0. The highest BCUT2D eigenvalue weighted by atomic mass is 35.5. The van der Waals surface area contributed by atoms with E-state index in [1.165, 1.54) is 0 Å². The molecule has 1 aliphatic rings. The summed E-state index contributed by atoms with van der Waals surface area (Å²) < 4.78 is 5.49. The number of halogens is 1. The number of imide groups is 1. The number of amides is 4. The monoisotopic (exact) mass is 415 g/mol. The fourth-order valence-electron chi connectivity index (χ4n) is 3.25. The molecule has 0 radical (unpaired) electrons. The predicted octanol–water partition coefficient (Wildman–Crippen LogP) is 2.61. The Morgan fingerprint density at radius 3 is 2.55 bits per heavy atom. The van der Waals surface area contributed by atoms with Crippen molar-refractivity contribution in [2.45, 2.75) is 19.4 Å². The molecule has 0 saturated carbocycles. The minimum absolute atomic E-state index is 0.236. The highest BCUT2D eigenvalue weighted by molar-refractivity contribution is 6.30. The van der Waals surface area contributed by atoms with Gasteiger partial charge in [0.2, 0.25) is 5.91 Å². The van der Waals surface area contributed by atoms with Gasteiger partial charge in [-0.05, 0) is 49.2 Å². The summed E-state index contributed by atoms with van der Waals surface area (Å²) in [5, 5.41) is 5.96. The lowest BCUT2D eigenvalue weighted by atomic mass is 9.88. The molecule has 1 atom stereocenters. The molecule has 4 amide bonds. The SMILES string of the molecule is Cc1ccccc1C1(C)NC(=O)N(CC(=O)NCCOc2ccc(Cl)cc2)C1=O. The molecule has 0 spiro atoms. The minimum atomic E-state index is -1.19. The van der Waals surface area contributed by atoms with Crippen LogP contribution in [0.15, 0.2) is 48.5 Å². The van der Waals surface area contributed by atoms with Crippen LogP contribution in [0.3, 0.4) is 0 Å². The number of ether oxygens (including phenoxy) is 1. The second kappa shape index (κ2) is 8.53. The molecule has 3 rings (SSSR count). The number of carbonyl (C=O) groups excluding carboxylic acids is 3. The van der Waals surface area contributed by atoms with Crippen LogP contribution in [0.25, 0.3) is 0 Å². The van der Waals surface area contributed by atoms with Crippen molar-refractivity contribution in [1.82, 2.24) is 15.5 Å². The van der Waals surface area contributed by atoms with E-state index >= 15 is 0 Å². The van der Waals surface area contributed by atoms with Crippen LogP contribution in [0.1, 0.15) is 18.1 Å². The molecule has 2 aromatic carbocycles. The van der Waals surface area contributed by atoms with Crippen molar-refractivity contribution in [3.8, 4) is 5.75 Å². The highest BCUT2D eigenvalue weighted by Crippen LogP contribution is 2.30. The molecule has 29 heavy (non-hydrogen) atoms. The normalized spacial score (nSPS) is 18.5. The van der Waals surface area contributed by atoms with Crippen LogP contribution in [0.4, 0.5) is 4.79 Å². The molecule has 0 bridgehead atoms. The number of nitrogens with one attached hydrogen (secondary N) is 2. The van der Waals surface area contributed by atoms with E-state index in [-0.39, 0.29) is 19.7 Å². The van der Waals surface area contributed by atoms with Gasteiger partial charge in [-0.2, -0.15) is 0 Å². The van der Waals surface area contributed by atoms with Gasteiger partial charge >= 0.3 is 6.03 Å². The first-order chi connectivity index (χ1) is 13.8. The Balaban J connectivity index is 1.53. The van der Waals surface area contributed by atoms with Crippen LogP contribution >= 0.6 is 11.6 Å².